The molecule has 2 rings (SSSR count). The average molecular weight is 447 g/mol. The van der Waals surface area contributed by atoms with Gasteiger partial charge in [0.2, 0.25) is 15.2 Å². The molecule has 0 saturated heterocycles. The van der Waals surface area contributed by atoms with Crippen LogP contribution in [0.4, 0.5) is 5.13 Å². The van der Waals surface area contributed by atoms with Crippen molar-refractivity contribution in [1.29, 1.82) is 0 Å². The summed E-state index contributed by atoms with van der Waals surface area (Å²) < 4.78 is 26.2. The molecule has 2 aromatic rings. The van der Waals surface area contributed by atoms with Crippen molar-refractivity contribution in [1.82, 2.24) is 14.5 Å². The molecule has 0 fully saturated rings. The van der Waals surface area contributed by atoms with Gasteiger partial charge in [-0.3, -0.25) is 10.1 Å². The van der Waals surface area contributed by atoms with Gasteiger partial charge in [-0.15, -0.1) is 10.2 Å². The quantitative estimate of drug-likeness (QED) is 0.704. The molecule has 0 saturated carbocycles. The fraction of sp³-hybridized carbons (Fsp3) is 0.400. The van der Waals surface area contributed by atoms with Crippen LogP contribution in [-0.4, -0.2) is 42.9 Å². The molecule has 0 aliphatic carbocycles. The number of nitrogens with zero attached hydrogens (tertiary/aromatic N) is 3. The van der Waals surface area contributed by atoms with Crippen LogP contribution in [-0.2, 0) is 16.4 Å². The second kappa shape index (κ2) is 8.35. The van der Waals surface area contributed by atoms with E-state index in [0.717, 1.165) is 28.6 Å². The molecule has 0 radical (unpaired) electrons. The maximum Gasteiger partial charge on any atom is 0.257 e. The molecule has 10 heteroatoms. The van der Waals surface area contributed by atoms with Crippen LogP contribution < -0.4 is 5.32 Å². The predicted octanol–water partition coefficient (Wildman–Crippen LogP) is 3.15. The molecule has 1 N–H and O–H groups in total. The van der Waals surface area contributed by atoms with Crippen molar-refractivity contribution in [2.75, 3.05) is 19.4 Å². The van der Waals surface area contributed by atoms with E-state index in [0.29, 0.717) is 9.60 Å². The number of aryl methyl sites for hydroxylation is 1. The van der Waals surface area contributed by atoms with E-state index in [2.05, 4.69) is 38.4 Å². The smallest absolute Gasteiger partial charge is 0.257 e. The largest absolute Gasteiger partial charge is 0.296 e. The van der Waals surface area contributed by atoms with Gasteiger partial charge >= 0.3 is 0 Å². The van der Waals surface area contributed by atoms with Gasteiger partial charge in [0.15, 0.2) is 0 Å². The number of nitrogens with one attached hydrogen (secondary N) is 1. The number of amides is 1. The summed E-state index contributed by atoms with van der Waals surface area (Å²) in [6.07, 6.45) is 2.90. The molecule has 0 aliphatic rings. The van der Waals surface area contributed by atoms with Crippen LogP contribution in [0.15, 0.2) is 27.6 Å². The third kappa shape index (κ3) is 4.84. The lowest BCUT2D eigenvalue weighted by molar-refractivity contribution is 0.102. The van der Waals surface area contributed by atoms with E-state index >= 15 is 0 Å². The van der Waals surface area contributed by atoms with Gasteiger partial charge in [-0.25, -0.2) is 12.7 Å². The lowest BCUT2D eigenvalue weighted by Gasteiger charge is -2.13. The molecule has 0 atom stereocenters. The second-order valence-electron chi connectivity index (χ2n) is 5.49. The molecule has 136 valence electrons. The summed E-state index contributed by atoms with van der Waals surface area (Å²) in [6, 6.07) is 4.43. The highest BCUT2D eigenvalue weighted by Gasteiger charge is 2.22. The maximum atomic E-state index is 12.4. The van der Waals surface area contributed by atoms with Crippen LogP contribution in [0.25, 0.3) is 0 Å². The van der Waals surface area contributed by atoms with Crippen LogP contribution >= 0.6 is 27.3 Å². The minimum Gasteiger partial charge on any atom is -0.296 e. The van der Waals surface area contributed by atoms with E-state index in [1.807, 2.05) is 0 Å². The Bertz CT molecular complexity index is 865. The van der Waals surface area contributed by atoms with Gasteiger partial charge in [-0.1, -0.05) is 24.7 Å². The van der Waals surface area contributed by atoms with Crippen molar-refractivity contribution < 1.29 is 13.2 Å². The van der Waals surface area contributed by atoms with Gasteiger partial charge in [0.1, 0.15) is 5.01 Å². The Morgan fingerprint density at radius 2 is 2.04 bits per heavy atom. The first-order valence-corrected chi connectivity index (χ1v) is 10.7. The van der Waals surface area contributed by atoms with Crippen molar-refractivity contribution in [3.63, 3.8) is 0 Å². The number of aromatic nitrogens is 2. The first kappa shape index (κ1) is 20.0. The molecule has 1 heterocycles. The molecule has 7 nitrogen and oxygen atoms in total. The zero-order valence-corrected chi connectivity index (χ0v) is 17.3. The number of anilines is 1. The molecular formula is C15H19BrN4O3S2. The first-order valence-electron chi connectivity index (χ1n) is 7.61. The van der Waals surface area contributed by atoms with E-state index < -0.39 is 15.9 Å². The minimum absolute atomic E-state index is 0.0334. The highest BCUT2D eigenvalue weighted by atomic mass is 79.9. The lowest BCUT2D eigenvalue weighted by Crippen LogP contribution is -2.23. The van der Waals surface area contributed by atoms with E-state index in [-0.39, 0.29) is 10.5 Å². The predicted molar refractivity (Wildman–Crippen MR) is 101 cm³/mol. The number of sulfonamides is 1. The van der Waals surface area contributed by atoms with E-state index in [1.54, 1.807) is 6.07 Å². The summed E-state index contributed by atoms with van der Waals surface area (Å²) in [5.74, 6) is -0.430. The van der Waals surface area contributed by atoms with Gasteiger partial charge in [-0.05, 0) is 40.5 Å². The third-order valence-corrected chi connectivity index (χ3v) is 7.09. The molecule has 0 bridgehead atoms. The Morgan fingerprint density at radius 1 is 1.32 bits per heavy atom. The Balaban J connectivity index is 2.21. The molecule has 0 unspecified atom stereocenters. The Kier molecular flexibility index (Phi) is 6.66. The van der Waals surface area contributed by atoms with Gasteiger partial charge < -0.3 is 0 Å². The van der Waals surface area contributed by atoms with Crippen LogP contribution in [0.3, 0.4) is 0 Å². The number of halogens is 1. The average Bonchev–Trinajstić information content (AvgIpc) is 3.00. The molecule has 1 aromatic carbocycles. The maximum absolute atomic E-state index is 12.4. The minimum atomic E-state index is -3.66. The fourth-order valence-electron chi connectivity index (χ4n) is 1.94. The SMILES string of the molecule is CCCCc1nnc(NC(=O)c2ccc(Br)c(S(=O)(=O)N(C)C)c2)s1. The molecule has 1 aromatic heterocycles. The van der Waals surface area contributed by atoms with Gasteiger partial charge in [-0.2, -0.15) is 0 Å². The van der Waals surface area contributed by atoms with Crippen molar-refractivity contribution in [2.24, 2.45) is 0 Å². The van der Waals surface area contributed by atoms with Crippen molar-refractivity contribution in [2.45, 2.75) is 31.1 Å². The molecular weight excluding hydrogens is 428 g/mol. The monoisotopic (exact) mass is 446 g/mol. The zero-order valence-electron chi connectivity index (χ0n) is 14.1. The topological polar surface area (TPSA) is 92.3 Å². The summed E-state index contributed by atoms with van der Waals surface area (Å²) in [5.41, 5.74) is 0.230. The lowest BCUT2D eigenvalue weighted by atomic mass is 10.2. The molecule has 1 amide bonds. The fourth-order valence-corrected chi connectivity index (χ4v) is 4.56. The normalized spacial score (nSPS) is 11.7. The zero-order chi connectivity index (χ0) is 18.6. The number of carbonyl (C=O) groups is 1. The third-order valence-electron chi connectivity index (χ3n) is 3.38. The summed E-state index contributed by atoms with van der Waals surface area (Å²) in [6.45, 7) is 2.09. The first-order chi connectivity index (χ1) is 11.8. The van der Waals surface area contributed by atoms with E-state index in [4.69, 9.17) is 0 Å². The summed E-state index contributed by atoms with van der Waals surface area (Å²) >= 11 is 4.54. The Hall–Kier alpha value is -1.36. The van der Waals surface area contributed by atoms with E-state index in [1.165, 1.54) is 37.6 Å². The number of unbranched alkanes of at least 4 members (excludes halogenated alkanes) is 1. The summed E-state index contributed by atoms with van der Waals surface area (Å²) in [5, 5.41) is 11.9. The molecule has 0 spiro atoms. The van der Waals surface area contributed by atoms with Gasteiger partial charge in [0.05, 0.1) is 4.90 Å². The van der Waals surface area contributed by atoms with Crippen LogP contribution in [0, 0.1) is 0 Å². The highest BCUT2D eigenvalue weighted by Crippen LogP contribution is 2.26. The van der Waals surface area contributed by atoms with Crippen LogP contribution in [0.2, 0.25) is 0 Å². The summed E-state index contributed by atoms with van der Waals surface area (Å²) in [4.78, 5) is 12.4. The number of carbonyl (C=O) groups excluding carboxylic acids is 1. The number of hydrogen-bond donors (Lipinski definition) is 1. The summed E-state index contributed by atoms with van der Waals surface area (Å²) in [7, 11) is -0.785. The molecule has 0 aliphatic heterocycles. The molecule has 25 heavy (non-hydrogen) atoms. The van der Waals surface area contributed by atoms with Crippen LogP contribution in [0.5, 0.6) is 0 Å². The number of hydrogen-bond acceptors (Lipinski definition) is 6. The highest BCUT2D eigenvalue weighted by molar-refractivity contribution is 9.10. The standard InChI is InChI=1S/C15H19BrN4O3S2/c1-4-5-6-13-18-19-15(24-13)17-14(21)10-7-8-11(16)12(9-10)25(22,23)20(2)3/h7-9H,4-6H2,1-3H3,(H,17,19,21). The van der Waals surface area contributed by atoms with Crippen molar-refractivity contribution >= 4 is 48.3 Å². The van der Waals surface area contributed by atoms with Crippen molar-refractivity contribution in [3.8, 4) is 0 Å². The Morgan fingerprint density at radius 3 is 2.68 bits per heavy atom. The second-order valence-corrected chi connectivity index (χ2v) is 9.53. The van der Waals surface area contributed by atoms with Crippen molar-refractivity contribution in [3.05, 3.63) is 33.2 Å². The number of rotatable bonds is 7. The Labute approximate surface area is 159 Å². The number of benzene rings is 1. The van der Waals surface area contributed by atoms with E-state index in [9.17, 15) is 13.2 Å². The van der Waals surface area contributed by atoms with Gasteiger partial charge in [0, 0.05) is 30.6 Å². The van der Waals surface area contributed by atoms with Crippen LogP contribution in [0.1, 0.15) is 35.1 Å². The van der Waals surface area contributed by atoms with Gasteiger partial charge in [0.25, 0.3) is 5.91 Å².